The molecule has 4 amide bonds. The molecule has 2 aromatic rings. The molecule has 0 saturated heterocycles. The van der Waals surface area contributed by atoms with Crippen LogP contribution in [0.3, 0.4) is 0 Å². The number of hydrogen-bond acceptors (Lipinski definition) is 7. The van der Waals surface area contributed by atoms with Crippen LogP contribution in [-0.4, -0.2) is 78.0 Å². The average molecular weight is 681 g/mol. The van der Waals surface area contributed by atoms with Gasteiger partial charge in [0.25, 0.3) is 0 Å². The Kier molecular flexibility index (Phi) is 15.4. The molecule has 1 saturated carbocycles. The summed E-state index contributed by atoms with van der Waals surface area (Å²) in [6, 6.07) is 15.0. The predicted molar refractivity (Wildman–Crippen MR) is 189 cm³/mol. The van der Waals surface area contributed by atoms with Crippen molar-refractivity contribution in [3.8, 4) is 0 Å². The number of carbonyl (C=O) groups is 4. The van der Waals surface area contributed by atoms with Crippen LogP contribution in [0.2, 0.25) is 0 Å². The van der Waals surface area contributed by atoms with Gasteiger partial charge in [-0.15, -0.1) is 0 Å². The topological polar surface area (TPSA) is 146 Å². The summed E-state index contributed by atoms with van der Waals surface area (Å²) < 4.78 is 10.5. The fourth-order valence-corrected chi connectivity index (χ4v) is 6.11. The fraction of sp³-hybridized carbons (Fsp3) is 0.579. The molecule has 0 aromatic heterocycles. The third-order valence-corrected chi connectivity index (χ3v) is 8.54. The summed E-state index contributed by atoms with van der Waals surface area (Å²) in [6.45, 7) is 9.49. The number of aliphatic hydroxyl groups excluding tert-OH is 1. The van der Waals surface area contributed by atoms with E-state index in [4.69, 9.17) is 9.47 Å². The summed E-state index contributed by atoms with van der Waals surface area (Å²) in [6.07, 6.45) is 3.99. The normalized spacial score (nSPS) is 16.1. The lowest BCUT2D eigenvalue weighted by Crippen LogP contribution is -2.57. The van der Waals surface area contributed by atoms with Gasteiger partial charge in [0, 0.05) is 6.54 Å². The van der Waals surface area contributed by atoms with Crippen LogP contribution >= 0.6 is 0 Å². The molecule has 2 aromatic carbocycles. The van der Waals surface area contributed by atoms with Crippen molar-refractivity contribution in [2.24, 2.45) is 11.8 Å². The van der Waals surface area contributed by atoms with Crippen LogP contribution in [0.25, 0.3) is 0 Å². The summed E-state index contributed by atoms with van der Waals surface area (Å²) in [5, 5.41) is 20.2. The molecule has 4 N–H and O–H groups in total. The van der Waals surface area contributed by atoms with E-state index in [2.05, 4.69) is 16.0 Å². The highest BCUT2D eigenvalue weighted by molar-refractivity contribution is 5.91. The first-order valence-electron chi connectivity index (χ1n) is 17.5. The van der Waals surface area contributed by atoms with Crippen molar-refractivity contribution in [1.82, 2.24) is 20.9 Å². The molecule has 49 heavy (non-hydrogen) atoms. The van der Waals surface area contributed by atoms with E-state index in [-0.39, 0.29) is 18.4 Å². The number of aliphatic hydroxyl groups is 1. The van der Waals surface area contributed by atoms with Gasteiger partial charge in [-0.25, -0.2) is 14.4 Å². The van der Waals surface area contributed by atoms with Crippen molar-refractivity contribution in [3.63, 3.8) is 0 Å². The minimum absolute atomic E-state index is 0.0371. The smallest absolute Gasteiger partial charge is 0.407 e. The Morgan fingerprint density at radius 1 is 0.898 bits per heavy atom. The van der Waals surface area contributed by atoms with Crippen molar-refractivity contribution in [2.45, 2.75) is 109 Å². The molecule has 4 atom stereocenters. The van der Waals surface area contributed by atoms with Gasteiger partial charge in [-0.3, -0.25) is 4.79 Å². The van der Waals surface area contributed by atoms with Gasteiger partial charge in [-0.1, -0.05) is 93.8 Å². The number of methoxy groups -OCH3 is 1. The third-order valence-electron chi connectivity index (χ3n) is 8.54. The maximum atomic E-state index is 14.1. The Balaban J connectivity index is 1.85. The fourth-order valence-electron chi connectivity index (χ4n) is 6.11. The van der Waals surface area contributed by atoms with Crippen LogP contribution in [0, 0.1) is 11.8 Å². The second-order valence-corrected chi connectivity index (χ2v) is 14.4. The lowest BCUT2D eigenvalue weighted by molar-refractivity contribution is -0.145. The molecule has 0 unspecified atom stereocenters. The Hall–Kier alpha value is -4.12. The Labute approximate surface area is 291 Å². The van der Waals surface area contributed by atoms with E-state index in [9.17, 15) is 24.3 Å². The molecule has 11 heteroatoms. The van der Waals surface area contributed by atoms with Gasteiger partial charge in [0.05, 0.1) is 25.8 Å². The van der Waals surface area contributed by atoms with Crippen LogP contribution < -0.4 is 16.0 Å². The highest BCUT2D eigenvalue weighted by Crippen LogP contribution is 2.25. The van der Waals surface area contributed by atoms with Gasteiger partial charge in [0.15, 0.2) is 6.04 Å². The molecule has 0 radical (unpaired) electrons. The Morgan fingerprint density at radius 3 is 2.08 bits per heavy atom. The zero-order chi connectivity index (χ0) is 36.0. The minimum Gasteiger partial charge on any atom is -0.467 e. The first-order chi connectivity index (χ1) is 23.3. The number of nitrogens with one attached hydrogen (secondary N) is 3. The number of urea groups is 1. The third kappa shape index (κ3) is 13.7. The van der Waals surface area contributed by atoms with E-state index >= 15 is 0 Å². The molecule has 1 fully saturated rings. The van der Waals surface area contributed by atoms with Gasteiger partial charge >= 0.3 is 18.1 Å². The highest BCUT2D eigenvalue weighted by atomic mass is 16.6. The molecule has 0 heterocycles. The van der Waals surface area contributed by atoms with Crippen molar-refractivity contribution < 1.29 is 33.8 Å². The van der Waals surface area contributed by atoms with Crippen LogP contribution in [-0.2, 0) is 25.5 Å². The number of nitrogens with zero attached hydrogens (tertiary/aromatic N) is 1. The number of carbonyl (C=O) groups excluding carboxylic acids is 4. The van der Waals surface area contributed by atoms with Crippen LogP contribution in [0.1, 0.15) is 90.3 Å². The van der Waals surface area contributed by atoms with Crippen LogP contribution in [0.4, 0.5) is 9.59 Å². The molecule has 0 spiro atoms. The van der Waals surface area contributed by atoms with E-state index in [1.165, 1.54) is 7.11 Å². The van der Waals surface area contributed by atoms with E-state index in [1.54, 1.807) is 49.9 Å². The summed E-state index contributed by atoms with van der Waals surface area (Å²) in [4.78, 5) is 55.0. The molecular formula is C38H56N4O7. The monoisotopic (exact) mass is 680 g/mol. The summed E-state index contributed by atoms with van der Waals surface area (Å²) in [5.41, 5.74) is 0.720. The summed E-state index contributed by atoms with van der Waals surface area (Å²) in [7, 11) is 1.26. The number of rotatable bonds is 15. The molecule has 1 aliphatic carbocycles. The van der Waals surface area contributed by atoms with E-state index < -0.39 is 53.8 Å². The summed E-state index contributed by atoms with van der Waals surface area (Å²) in [5.74, 6) is -0.876. The average Bonchev–Trinajstić information content (AvgIpc) is 3.06. The maximum absolute atomic E-state index is 14.1. The standard InChI is InChI=1S/C38H56N4O7/c1-26(2)22-31(34(44)41-33(35(45)48-6)29-20-14-9-15-21-29)39-36(46)42(24-28-18-12-8-13-19-28)25-32(43)30(23-27-16-10-7-11-17-27)40-37(47)49-38(3,4)5/h7,9-11,14-17,20-21,26,28,30-33,43H,8,12-13,18-19,22-25H2,1-6H3,(H,39,46)(H,40,47)(H,41,44)/t30-,31-,32+,33+/m1/s1. The SMILES string of the molecule is COC(=O)[C@@H](NC(=O)[C@@H](CC(C)C)NC(=O)N(CC1CCCCC1)C[C@H](O)[C@@H](Cc1ccccc1)NC(=O)OC(C)(C)C)c1ccccc1. The van der Waals surface area contributed by atoms with Crippen molar-refractivity contribution in [1.29, 1.82) is 0 Å². The van der Waals surface area contributed by atoms with Crippen molar-refractivity contribution in [2.75, 3.05) is 20.2 Å². The number of ether oxygens (including phenoxy) is 2. The highest BCUT2D eigenvalue weighted by Gasteiger charge is 2.33. The lowest BCUT2D eigenvalue weighted by Gasteiger charge is -2.35. The Bertz CT molecular complexity index is 1330. The predicted octanol–water partition coefficient (Wildman–Crippen LogP) is 5.52. The van der Waals surface area contributed by atoms with E-state index in [0.717, 1.165) is 37.7 Å². The van der Waals surface area contributed by atoms with Crippen LogP contribution in [0.15, 0.2) is 60.7 Å². The number of esters is 1. The molecule has 0 aliphatic heterocycles. The summed E-state index contributed by atoms with van der Waals surface area (Å²) >= 11 is 0. The molecule has 11 nitrogen and oxygen atoms in total. The van der Waals surface area contributed by atoms with Gasteiger partial charge in [-0.05, 0) is 69.4 Å². The van der Waals surface area contributed by atoms with E-state index in [1.807, 2.05) is 50.2 Å². The van der Waals surface area contributed by atoms with Crippen LogP contribution in [0.5, 0.6) is 0 Å². The van der Waals surface area contributed by atoms with Crippen molar-refractivity contribution in [3.05, 3.63) is 71.8 Å². The Morgan fingerprint density at radius 2 is 1.51 bits per heavy atom. The number of alkyl carbamates (subject to hydrolysis) is 1. The quantitative estimate of drug-likeness (QED) is 0.181. The largest absolute Gasteiger partial charge is 0.467 e. The molecule has 270 valence electrons. The number of benzene rings is 2. The second kappa shape index (κ2) is 19.2. The maximum Gasteiger partial charge on any atom is 0.407 e. The first-order valence-corrected chi connectivity index (χ1v) is 17.5. The van der Waals surface area contributed by atoms with Gasteiger partial charge in [0.2, 0.25) is 5.91 Å². The molecule has 1 aliphatic rings. The number of hydrogen-bond donors (Lipinski definition) is 4. The lowest BCUT2D eigenvalue weighted by atomic mass is 9.89. The van der Waals surface area contributed by atoms with Gasteiger partial charge in [0.1, 0.15) is 11.6 Å². The molecule has 3 rings (SSSR count). The second-order valence-electron chi connectivity index (χ2n) is 14.4. The zero-order valence-corrected chi connectivity index (χ0v) is 29.9. The van der Waals surface area contributed by atoms with E-state index in [0.29, 0.717) is 24.9 Å². The minimum atomic E-state index is -1.15. The van der Waals surface area contributed by atoms with Gasteiger partial charge < -0.3 is 35.4 Å². The van der Waals surface area contributed by atoms with Gasteiger partial charge in [-0.2, -0.15) is 0 Å². The number of amides is 4. The molecule has 0 bridgehead atoms. The first kappa shape index (κ1) is 39.3. The zero-order valence-electron chi connectivity index (χ0n) is 29.9. The molecular weight excluding hydrogens is 624 g/mol. The van der Waals surface area contributed by atoms with Crippen molar-refractivity contribution >= 4 is 24.0 Å².